The summed E-state index contributed by atoms with van der Waals surface area (Å²) in [6.07, 6.45) is -0.835. The van der Waals surface area contributed by atoms with Gasteiger partial charge in [-0.1, -0.05) is 6.07 Å². The maximum atomic E-state index is 13.3. The molecule has 1 aliphatic heterocycles. The highest BCUT2D eigenvalue weighted by Crippen LogP contribution is 2.24. The maximum Gasteiger partial charge on any atom is 0.408 e. The molecule has 8 heteroatoms. The van der Waals surface area contributed by atoms with Gasteiger partial charge in [-0.05, 0) is 39.0 Å². The molecular formula is C17H21FN2O5. The summed E-state index contributed by atoms with van der Waals surface area (Å²) in [6.45, 7) is 4.88. The Bertz CT molecular complexity index is 701. The van der Waals surface area contributed by atoms with E-state index in [-0.39, 0.29) is 25.1 Å². The molecule has 0 radical (unpaired) electrons. The second kappa shape index (κ2) is 6.70. The molecule has 1 aromatic rings. The molecular weight excluding hydrogens is 331 g/mol. The summed E-state index contributed by atoms with van der Waals surface area (Å²) in [7, 11) is 0. The predicted molar refractivity (Wildman–Crippen MR) is 86.7 cm³/mol. The minimum absolute atomic E-state index is 0.0304. The number of halogens is 1. The number of benzene rings is 1. The fourth-order valence-corrected chi connectivity index (χ4v) is 2.62. The number of ether oxygens (including phenoxy) is 1. The molecule has 1 aliphatic rings. The van der Waals surface area contributed by atoms with Gasteiger partial charge in [0.05, 0.1) is 6.54 Å². The fraction of sp³-hybridized carbons (Fsp3) is 0.471. The largest absolute Gasteiger partial charge is 0.479 e. The molecule has 0 bridgehead atoms. The van der Waals surface area contributed by atoms with Gasteiger partial charge in [0, 0.05) is 18.5 Å². The van der Waals surface area contributed by atoms with Crippen molar-refractivity contribution in [1.29, 1.82) is 0 Å². The van der Waals surface area contributed by atoms with E-state index in [2.05, 4.69) is 5.32 Å². The minimum Gasteiger partial charge on any atom is -0.479 e. The molecule has 1 atom stereocenters. The van der Waals surface area contributed by atoms with Crippen LogP contribution in [0.1, 0.15) is 37.6 Å². The first kappa shape index (κ1) is 18.7. The van der Waals surface area contributed by atoms with Crippen LogP contribution in [0.25, 0.3) is 0 Å². The number of nitrogens with zero attached hydrogens (tertiary/aromatic N) is 1. The van der Waals surface area contributed by atoms with Crippen molar-refractivity contribution in [3.63, 3.8) is 0 Å². The number of carbonyl (C=O) groups excluding carboxylic acids is 2. The lowest BCUT2D eigenvalue weighted by Gasteiger charge is -2.28. The highest BCUT2D eigenvalue weighted by molar-refractivity contribution is 5.96. The lowest BCUT2D eigenvalue weighted by Crippen LogP contribution is -2.57. The first-order valence-electron chi connectivity index (χ1n) is 7.82. The molecule has 0 spiro atoms. The summed E-state index contributed by atoms with van der Waals surface area (Å²) in [5.41, 5.74) is -2.29. The number of amides is 2. The van der Waals surface area contributed by atoms with Gasteiger partial charge in [-0.3, -0.25) is 4.79 Å². The normalized spacial score (nSPS) is 20.2. The smallest absolute Gasteiger partial charge is 0.408 e. The van der Waals surface area contributed by atoms with Crippen LogP contribution in [0.2, 0.25) is 0 Å². The van der Waals surface area contributed by atoms with Gasteiger partial charge in [-0.2, -0.15) is 0 Å². The van der Waals surface area contributed by atoms with E-state index >= 15 is 0 Å². The van der Waals surface area contributed by atoms with Crippen molar-refractivity contribution in [2.75, 3.05) is 13.1 Å². The Morgan fingerprint density at radius 3 is 2.56 bits per heavy atom. The molecule has 2 rings (SSSR count). The predicted octanol–water partition coefficient (Wildman–Crippen LogP) is 2.02. The molecule has 0 aromatic heterocycles. The van der Waals surface area contributed by atoms with Crippen LogP contribution in [0, 0.1) is 5.82 Å². The zero-order chi connectivity index (χ0) is 18.8. The lowest BCUT2D eigenvalue weighted by molar-refractivity contribution is -0.144. The molecule has 25 heavy (non-hydrogen) atoms. The van der Waals surface area contributed by atoms with Crippen molar-refractivity contribution in [3.8, 4) is 0 Å². The topological polar surface area (TPSA) is 95.9 Å². The van der Waals surface area contributed by atoms with Crippen molar-refractivity contribution in [3.05, 3.63) is 35.6 Å². The highest BCUT2D eigenvalue weighted by Gasteiger charge is 2.48. The number of carbonyl (C=O) groups is 3. The molecule has 1 saturated heterocycles. The molecule has 1 unspecified atom stereocenters. The molecule has 2 N–H and O–H groups in total. The van der Waals surface area contributed by atoms with E-state index in [1.165, 1.54) is 23.1 Å². The quantitative estimate of drug-likeness (QED) is 0.868. The van der Waals surface area contributed by atoms with Gasteiger partial charge in [-0.15, -0.1) is 0 Å². The molecule has 1 fully saturated rings. The number of hydrogen-bond acceptors (Lipinski definition) is 4. The Balaban J connectivity index is 2.14. The number of aliphatic carboxylic acids is 1. The average molecular weight is 352 g/mol. The Kier molecular flexibility index (Phi) is 5.01. The summed E-state index contributed by atoms with van der Waals surface area (Å²) in [5.74, 6) is -2.30. The molecule has 0 aliphatic carbocycles. The first-order valence-corrected chi connectivity index (χ1v) is 7.82. The molecule has 7 nitrogen and oxygen atoms in total. The second-order valence-corrected chi connectivity index (χ2v) is 7.00. The van der Waals surface area contributed by atoms with Gasteiger partial charge in [0.15, 0.2) is 5.54 Å². The standard InChI is InChI=1S/C17H21FN2O5/c1-16(2,3)25-15(24)19-17(14(22)23)7-8-20(10-17)13(21)11-5-4-6-12(18)9-11/h4-6,9H,7-8,10H2,1-3H3,(H,19,24)(H,22,23). The lowest BCUT2D eigenvalue weighted by atomic mass is 9.99. The van der Waals surface area contributed by atoms with Gasteiger partial charge < -0.3 is 20.1 Å². The first-order chi connectivity index (χ1) is 11.5. The summed E-state index contributed by atoms with van der Waals surface area (Å²) in [6, 6.07) is 5.16. The Morgan fingerprint density at radius 2 is 2.00 bits per heavy atom. The van der Waals surface area contributed by atoms with Crippen molar-refractivity contribution in [2.24, 2.45) is 0 Å². The van der Waals surface area contributed by atoms with Gasteiger partial charge in [0.25, 0.3) is 5.91 Å². The maximum absolute atomic E-state index is 13.3. The third-order valence-corrected chi connectivity index (χ3v) is 3.78. The highest BCUT2D eigenvalue weighted by atomic mass is 19.1. The number of carboxylic acids is 1. The zero-order valence-corrected chi connectivity index (χ0v) is 14.3. The Labute approximate surface area is 144 Å². The summed E-state index contributed by atoms with van der Waals surface area (Å²) >= 11 is 0. The van der Waals surface area contributed by atoms with Crippen LogP contribution >= 0.6 is 0 Å². The SMILES string of the molecule is CC(C)(C)OC(=O)NC1(C(=O)O)CCN(C(=O)c2cccc(F)c2)C1. The molecule has 1 heterocycles. The summed E-state index contributed by atoms with van der Waals surface area (Å²) < 4.78 is 18.4. The van der Waals surface area contributed by atoms with Gasteiger partial charge in [0.1, 0.15) is 11.4 Å². The van der Waals surface area contributed by atoms with E-state index in [1.807, 2.05) is 0 Å². The molecule has 136 valence electrons. The van der Waals surface area contributed by atoms with Crippen LogP contribution in [0.5, 0.6) is 0 Å². The van der Waals surface area contributed by atoms with Crippen LogP contribution in [0.15, 0.2) is 24.3 Å². The third kappa shape index (κ3) is 4.46. The average Bonchev–Trinajstić information content (AvgIpc) is 2.89. The van der Waals surface area contributed by atoms with E-state index < -0.39 is 34.9 Å². The van der Waals surface area contributed by atoms with Crippen LogP contribution in [-0.4, -0.2) is 52.2 Å². The van der Waals surface area contributed by atoms with Crippen LogP contribution in [0.4, 0.5) is 9.18 Å². The minimum atomic E-state index is -1.63. The second-order valence-electron chi connectivity index (χ2n) is 7.00. The fourth-order valence-electron chi connectivity index (χ4n) is 2.62. The van der Waals surface area contributed by atoms with Crippen LogP contribution in [0.3, 0.4) is 0 Å². The summed E-state index contributed by atoms with van der Waals surface area (Å²) in [4.78, 5) is 37.4. The van der Waals surface area contributed by atoms with Crippen molar-refractivity contribution < 1.29 is 28.6 Å². The van der Waals surface area contributed by atoms with E-state index in [4.69, 9.17) is 4.74 Å². The Morgan fingerprint density at radius 1 is 1.32 bits per heavy atom. The number of nitrogens with one attached hydrogen (secondary N) is 1. The third-order valence-electron chi connectivity index (χ3n) is 3.78. The van der Waals surface area contributed by atoms with E-state index in [0.717, 1.165) is 6.07 Å². The number of likely N-dealkylation sites (tertiary alicyclic amines) is 1. The molecule has 1 aromatic carbocycles. The van der Waals surface area contributed by atoms with E-state index in [1.54, 1.807) is 20.8 Å². The van der Waals surface area contributed by atoms with Crippen LogP contribution < -0.4 is 5.32 Å². The van der Waals surface area contributed by atoms with Gasteiger partial charge >= 0.3 is 12.1 Å². The van der Waals surface area contributed by atoms with Crippen molar-refractivity contribution >= 4 is 18.0 Å². The number of alkyl carbamates (subject to hydrolysis) is 1. The van der Waals surface area contributed by atoms with Crippen molar-refractivity contribution in [1.82, 2.24) is 10.2 Å². The summed E-state index contributed by atoms with van der Waals surface area (Å²) in [5, 5.41) is 11.9. The van der Waals surface area contributed by atoms with Gasteiger partial charge in [0.2, 0.25) is 0 Å². The Hall–Kier alpha value is -2.64. The van der Waals surface area contributed by atoms with E-state index in [0.29, 0.717) is 0 Å². The number of carboxylic acid groups (broad SMARTS) is 1. The number of hydrogen-bond donors (Lipinski definition) is 2. The van der Waals surface area contributed by atoms with Gasteiger partial charge in [-0.25, -0.2) is 14.0 Å². The zero-order valence-electron chi connectivity index (χ0n) is 14.3. The van der Waals surface area contributed by atoms with Crippen LogP contribution in [-0.2, 0) is 9.53 Å². The number of rotatable bonds is 3. The van der Waals surface area contributed by atoms with Crippen molar-refractivity contribution in [2.45, 2.75) is 38.3 Å². The van der Waals surface area contributed by atoms with E-state index in [9.17, 15) is 23.9 Å². The monoisotopic (exact) mass is 352 g/mol. The molecule has 2 amide bonds. The molecule has 0 saturated carbocycles.